The first kappa shape index (κ1) is 16.9. The fourth-order valence-corrected chi connectivity index (χ4v) is 3.96. The molecule has 2 aromatic carbocycles. The van der Waals surface area contributed by atoms with Gasteiger partial charge in [-0.1, -0.05) is 29.4 Å². The zero-order valence-corrected chi connectivity index (χ0v) is 14.9. The summed E-state index contributed by atoms with van der Waals surface area (Å²) < 4.78 is 28.0. The van der Waals surface area contributed by atoms with Crippen molar-refractivity contribution < 1.29 is 12.9 Å². The molecular formula is C19H19N3O3S. The first-order valence-electron chi connectivity index (χ1n) is 8.51. The molecule has 1 heterocycles. The van der Waals surface area contributed by atoms with Crippen LogP contribution in [0, 0.1) is 5.92 Å². The van der Waals surface area contributed by atoms with Crippen molar-refractivity contribution in [1.82, 2.24) is 10.1 Å². The molecule has 0 saturated heterocycles. The summed E-state index contributed by atoms with van der Waals surface area (Å²) in [6.45, 7) is 0. The number of rotatable bonds is 4. The van der Waals surface area contributed by atoms with Crippen LogP contribution in [-0.4, -0.2) is 18.6 Å². The SMILES string of the molecule is NS(=O)(=O)c1ccc(-c2noc(CC3CCc4ccccc4C3)n2)cc1. The summed E-state index contributed by atoms with van der Waals surface area (Å²) in [6.07, 6.45) is 3.96. The van der Waals surface area contributed by atoms with Crippen LogP contribution in [0.1, 0.15) is 23.4 Å². The third-order valence-electron chi connectivity index (χ3n) is 4.82. The molecule has 6 nitrogen and oxygen atoms in total. The molecule has 0 radical (unpaired) electrons. The lowest BCUT2D eigenvalue weighted by molar-refractivity contribution is 0.339. The molecule has 0 fully saturated rings. The highest BCUT2D eigenvalue weighted by Gasteiger charge is 2.21. The van der Waals surface area contributed by atoms with E-state index in [0.717, 1.165) is 25.7 Å². The fourth-order valence-electron chi connectivity index (χ4n) is 3.44. The van der Waals surface area contributed by atoms with Gasteiger partial charge in [0.1, 0.15) is 0 Å². The Kier molecular flexibility index (Phi) is 4.34. The predicted molar refractivity (Wildman–Crippen MR) is 96.8 cm³/mol. The molecule has 0 aliphatic heterocycles. The number of benzene rings is 2. The Hall–Kier alpha value is -2.51. The Labute approximate surface area is 152 Å². The van der Waals surface area contributed by atoms with Gasteiger partial charge < -0.3 is 4.52 Å². The lowest BCUT2D eigenvalue weighted by Gasteiger charge is -2.23. The van der Waals surface area contributed by atoms with Gasteiger partial charge >= 0.3 is 0 Å². The van der Waals surface area contributed by atoms with E-state index in [-0.39, 0.29) is 4.90 Å². The van der Waals surface area contributed by atoms with Crippen molar-refractivity contribution in [1.29, 1.82) is 0 Å². The number of nitrogens with two attached hydrogens (primary N) is 1. The van der Waals surface area contributed by atoms with E-state index in [2.05, 4.69) is 34.4 Å². The monoisotopic (exact) mass is 369 g/mol. The summed E-state index contributed by atoms with van der Waals surface area (Å²) in [5, 5.41) is 9.13. The Morgan fingerprint density at radius 1 is 1.08 bits per heavy atom. The Balaban J connectivity index is 1.47. The average Bonchev–Trinajstić information content (AvgIpc) is 3.09. The van der Waals surface area contributed by atoms with Crippen LogP contribution in [-0.2, 0) is 29.3 Å². The van der Waals surface area contributed by atoms with E-state index >= 15 is 0 Å². The molecule has 0 spiro atoms. The Morgan fingerprint density at radius 2 is 1.81 bits per heavy atom. The summed E-state index contributed by atoms with van der Waals surface area (Å²) in [5.74, 6) is 1.56. The highest BCUT2D eigenvalue weighted by molar-refractivity contribution is 7.89. The average molecular weight is 369 g/mol. The molecule has 4 rings (SSSR count). The number of primary sulfonamides is 1. The molecule has 1 aromatic heterocycles. The minimum Gasteiger partial charge on any atom is -0.339 e. The summed E-state index contributed by atoms with van der Waals surface area (Å²) in [5.41, 5.74) is 3.54. The van der Waals surface area contributed by atoms with E-state index in [1.807, 2.05) is 0 Å². The number of fused-ring (bicyclic) bond motifs is 1. The van der Waals surface area contributed by atoms with Gasteiger partial charge in [0.2, 0.25) is 21.7 Å². The molecule has 0 amide bonds. The van der Waals surface area contributed by atoms with Crippen molar-refractivity contribution in [3.8, 4) is 11.4 Å². The van der Waals surface area contributed by atoms with Gasteiger partial charge in [-0.15, -0.1) is 0 Å². The van der Waals surface area contributed by atoms with Crippen molar-refractivity contribution in [2.75, 3.05) is 0 Å². The number of aromatic nitrogens is 2. The molecule has 1 aliphatic rings. The third-order valence-corrected chi connectivity index (χ3v) is 5.75. The van der Waals surface area contributed by atoms with Crippen molar-refractivity contribution >= 4 is 10.0 Å². The standard InChI is InChI=1S/C19H19N3O3S/c20-26(23,24)17-9-7-15(8-10-17)19-21-18(25-22-19)12-13-5-6-14-3-1-2-4-16(14)11-13/h1-4,7-10,13H,5-6,11-12H2,(H2,20,23,24). The first-order valence-corrected chi connectivity index (χ1v) is 10.1. The minimum absolute atomic E-state index is 0.0610. The topological polar surface area (TPSA) is 99.1 Å². The van der Waals surface area contributed by atoms with Crippen molar-refractivity contribution in [2.24, 2.45) is 11.1 Å². The van der Waals surface area contributed by atoms with Crippen LogP contribution in [0.2, 0.25) is 0 Å². The number of hydrogen-bond acceptors (Lipinski definition) is 5. The van der Waals surface area contributed by atoms with Gasteiger partial charge in [0.05, 0.1) is 4.90 Å². The number of nitrogens with zero attached hydrogens (tertiary/aromatic N) is 2. The second-order valence-corrected chi connectivity index (χ2v) is 8.22. The quantitative estimate of drug-likeness (QED) is 0.762. The van der Waals surface area contributed by atoms with Crippen LogP contribution >= 0.6 is 0 Å². The number of aryl methyl sites for hydroxylation is 1. The van der Waals surface area contributed by atoms with E-state index in [0.29, 0.717) is 23.2 Å². The molecule has 0 bridgehead atoms. The van der Waals surface area contributed by atoms with E-state index in [4.69, 9.17) is 9.66 Å². The van der Waals surface area contributed by atoms with Crippen LogP contribution in [0.5, 0.6) is 0 Å². The number of sulfonamides is 1. The molecule has 1 atom stereocenters. The summed E-state index contributed by atoms with van der Waals surface area (Å²) in [6, 6.07) is 14.7. The lowest BCUT2D eigenvalue weighted by Crippen LogP contribution is -2.16. The maximum atomic E-state index is 11.3. The second-order valence-electron chi connectivity index (χ2n) is 6.66. The third kappa shape index (κ3) is 3.54. The smallest absolute Gasteiger partial charge is 0.238 e. The molecular weight excluding hydrogens is 350 g/mol. The van der Waals surface area contributed by atoms with E-state index in [1.54, 1.807) is 12.1 Å². The largest absolute Gasteiger partial charge is 0.339 e. The van der Waals surface area contributed by atoms with Crippen LogP contribution in [0.4, 0.5) is 0 Å². The summed E-state index contributed by atoms with van der Waals surface area (Å²) in [7, 11) is -3.70. The molecule has 26 heavy (non-hydrogen) atoms. The van der Waals surface area contributed by atoms with Crippen LogP contribution in [0.25, 0.3) is 11.4 Å². The normalized spacial score (nSPS) is 17.0. The van der Waals surface area contributed by atoms with Gasteiger partial charge in [0.25, 0.3) is 0 Å². The van der Waals surface area contributed by atoms with Gasteiger partial charge in [-0.3, -0.25) is 0 Å². The molecule has 7 heteroatoms. The molecule has 2 N–H and O–H groups in total. The summed E-state index contributed by atoms with van der Waals surface area (Å²) >= 11 is 0. The Morgan fingerprint density at radius 3 is 2.54 bits per heavy atom. The molecule has 1 aliphatic carbocycles. The van der Waals surface area contributed by atoms with Gasteiger partial charge in [0.15, 0.2) is 0 Å². The van der Waals surface area contributed by atoms with Crippen molar-refractivity contribution in [3.63, 3.8) is 0 Å². The zero-order chi connectivity index (χ0) is 18.1. The van der Waals surface area contributed by atoms with Crippen molar-refractivity contribution in [3.05, 3.63) is 65.5 Å². The van der Waals surface area contributed by atoms with E-state index < -0.39 is 10.0 Å². The zero-order valence-electron chi connectivity index (χ0n) is 14.1. The van der Waals surface area contributed by atoms with Gasteiger partial charge in [-0.25, -0.2) is 13.6 Å². The second kappa shape index (κ2) is 6.66. The maximum absolute atomic E-state index is 11.3. The van der Waals surface area contributed by atoms with E-state index in [1.165, 1.54) is 23.3 Å². The highest BCUT2D eigenvalue weighted by Crippen LogP contribution is 2.28. The highest BCUT2D eigenvalue weighted by atomic mass is 32.2. The first-order chi connectivity index (χ1) is 12.5. The molecule has 1 unspecified atom stereocenters. The van der Waals surface area contributed by atoms with Crippen LogP contribution in [0.3, 0.4) is 0 Å². The maximum Gasteiger partial charge on any atom is 0.238 e. The van der Waals surface area contributed by atoms with Gasteiger partial charge in [-0.2, -0.15) is 4.98 Å². The molecule has 3 aromatic rings. The van der Waals surface area contributed by atoms with Gasteiger partial charge in [-0.05, 0) is 60.6 Å². The lowest BCUT2D eigenvalue weighted by atomic mass is 9.82. The van der Waals surface area contributed by atoms with Crippen LogP contribution < -0.4 is 5.14 Å². The van der Waals surface area contributed by atoms with Gasteiger partial charge in [0, 0.05) is 12.0 Å². The summed E-state index contributed by atoms with van der Waals surface area (Å²) in [4.78, 5) is 4.52. The fraction of sp³-hybridized carbons (Fsp3) is 0.263. The van der Waals surface area contributed by atoms with E-state index in [9.17, 15) is 8.42 Å². The Bertz CT molecular complexity index is 1030. The molecule has 0 saturated carbocycles. The molecule has 134 valence electrons. The van der Waals surface area contributed by atoms with Crippen molar-refractivity contribution in [2.45, 2.75) is 30.6 Å². The predicted octanol–water partition coefficient (Wildman–Crippen LogP) is 2.73. The van der Waals surface area contributed by atoms with Crippen LogP contribution in [0.15, 0.2) is 57.9 Å². The number of hydrogen-bond donors (Lipinski definition) is 1. The minimum atomic E-state index is -3.70.